The van der Waals surface area contributed by atoms with Crippen LogP contribution in [0.1, 0.15) is 29.5 Å². The Hall–Kier alpha value is -3.12. The SMILES string of the molecule is Cc1ccc(C=CC(=O)NNC(=O)CCC(=O)Nc2cccc(Cl)c2C)cc1. The molecule has 0 fully saturated rings. The summed E-state index contributed by atoms with van der Waals surface area (Å²) >= 11 is 6.01. The molecule has 146 valence electrons. The van der Waals surface area contributed by atoms with Crippen LogP contribution in [-0.2, 0) is 14.4 Å². The third-order valence-corrected chi connectivity index (χ3v) is 4.36. The van der Waals surface area contributed by atoms with Crippen molar-refractivity contribution in [2.45, 2.75) is 26.7 Å². The normalized spacial score (nSPS) is 10.5. The smallest absolute Gasteiger partial charge is 0.262 e. The quantitative estimate of drug-likeness (QED) is 0.513. The van der Waals surface area contributed by atoms with E-state index in [0.717, 1.165) is 16.7 Å². The van der Waals surface area contributed by atoms with Crippen molar-refractivity contribution in [1.29, 1.82) is 0 Å². The van der Waals surface area contributed by atoms with Crippen LogP contribution in [0.5, 0.6) is 0 Å². The first-order valence-electron chi connectivity index (χ1n) is 8.73. The summed E-state index contributed by atoms with van der Waals surface area (Å²) in [5.41, 5.74) is 7.92. The highest BCUT2D eigenvalue weighted by molar-refractivity contribution is 6.31. The predicted molar refractivity (Wildman–Crippen MR) is 111 cm³/mol. The monoisotopic (exact) mass is 399 g/mol. The number of carbonyl (C=O) groups is 3. The number of hydrogen-bond donors (Lipinski definition) is 3. The van der Waals surface area contributed by atoms with Crippen LogP contribution in [0, 0.1) is 13.8 Å². The van der Waals surface area contributed by atoms with Crippen LogP contribution in [0.2, 0.25) is 5.02 Å². The number of hydrogen-bond acceptors (Lipinski definition) is 3. The second kappa shape index (κ2) is 10.3. The Morgan fingerprint density at radius 2 is 1.61 bits per heavy atom. The first-order chi connectivity index (χ1) is 13.3. The lowest BCUT2D eigenvalue weighted by Gasteiger charge is -2.09. The van der Waals surface area contributed by atoms with Gasteiger partial charge in [0.25, 0.3) is 5.91 Å². The van der Waals surface area contributed by atoms with Crippen molar-refractivity contribution >= 4 is 41.1 Å². The van der Waals surface area contributed by atoms with Gasteiger partial charge in [0.15, 0.2) is 0 Å². The van der Waals surface area contributed by atoms with Crippen LogP contribution >= 0.6 is 11.6 Å². The van der Waals surface area contributed by atoms with Crippen molar-refractivity contribution in [3.63, 3.8) is 0 Å². The molecule has 0 aromatic heterocycles. The molecule has 0 aliphatic rings. The molecule has 0 spiro atoms. The highest BCUT2D eigenvalue weighted by Gasteiger charge is 2.10. The van der Waals surface area contributed by atoms with Crippen molar-refractivity contribution < 1.29 is 14.4 Å². The van der Waals surface area contributed by atoms with E-state index in [1.165, 1.54) is 6.08 Å². The number of benzene rings is 2. The number of anilines is 1. The molecule has 28 heavy (non-hydrogen) atoms. The number of rotatable bonds is 6. The molecular formula is C21H22ClN3O3. The molecule has 0 heterocycles. The van der Waals surface area contributed by atoms with Crippen LogP contribution in [0.4, 0.5) is 5.69 Å². The van der Waals surface area contributed by atoms with Gasteiger partial charge in [-0.25, -0.2) is 0 Å². The average Bonchev–Trinajstić information content (AvgIpc) is 2.68. The first-order valence-corrected chi connectivity index (χ1v) is 9.11. The number of amides is 3. The number of nitrogens with one attached hydrogen (secondary N) is 3. The molecule has 0 unspecified atom stereocenters. The van der Waals surface area contributed by atoms with Gasteiger partial charge in [0, 0.05) is 29.6 Å². The van der Waals surface area contributed by atoms with Gasteiger partial charge in [-0.2, -0.15) is 0 Å². The fourth-order valence-electron chi connectivity index (χ4n) is 2.27. The lowest BCUT2D eigenvalue weighted by molar-refractivity contribution is -0.128. The number of hydrazine groups is 1. The molecule has 0 saturated carbocycles. The zero-order valence-corrected chi connectivity index (χ0v) is 16.5. The minimum atomic E-state index is -0.465. The summed E-state index contributed by atoms with van der Waals surface area (Å²) in [6.45, 7) is 3.77. The zero-order valence-electron chi connectivity index (χ0n) is 15.7. The molecule has 0 atom stereocenters. The van der Waals surface area contributed by atoms with E-state index in [9.17, 15) is 14.4 Å². The Balaban J connectivity index is 1.71. The molecule has 0 radical (unpaired) electrons. The molecule has 3 amide bonds. The molecule has 2 rings (SSSR count). The maximum absolute atomic E-state index is 12.0. The van der Waals surface area contributed by atoms with E-state index in [-0.39, 0.29) is 18.7 Å². The highest BCUT2D eigenvalue weighted by Crippen LogP contribution is 2.23. The van der Waals surface area contributed by atoms with Gasteiger partial charge in [-0.05, 0) is 43.2 Å². The highest BCUT2D eigenvalue weighted by atomic mass is 35.5. The molecule has 7 heteroatoms. The average molecular weight is 400 g/mol. The van der Waals surface area contributed by atoms with Gasteiger partial charge in [-0.1, -0.05) is 47.5 Å². The van der Waals surface area contributed by atoms with Crippen molar-refractivity contribution in [2.75, 3.05) is 5.32 Å². The Morgan fingerprint density at radius 1 is 0.929 bits per heavy atom. The number of halogens is 1. The Labute approximate surface area is 168 Å². The van der Waals surface area contributed by atoms with Crippen molar-refractivity contribution in [1.82, 2.24) is 10.9 Å². The van der Waals surface area contributed by atoms with Gasteiger partial charge >= 0.3 is 0 Å². The van der Waals surface area contributed by atoms with Crippen LogP contribution in [-0.4, -0.2) is 17.7 Å². The third kappa shape index (κ3) is 6.89. The van der Waals surface area contributed by atoms with E-state index < -0.39 is 11.8 Å². The lowest BCUT2D eigenvalue weighted by Crippen LogP contribution is -2.41. The van der Waals surface area contributed by atoms with E-state index in [1.54, 1.807) is 31.2 Å². The topological polar surface area (TPSA) is 87.3 Å². The summed E-state index contributed by atoms with van der Waals surface area (Å²) in [5, 5.41) is 3.26. The lowest BCUT2D eigenvalue weighted by atomic mass is 10.1. The van der Waals surface area contributed by atoms with Crippen LogP contribution in [0.3, 0.4) is 0 Å². The fraction of sp³-hybridized carbons (Fsp3) is 0.190. The van der Waals surface area contributed by atoms with Gasteiger partial charge in [0.05, 0.1) is 0 Å². The van der Waals surface area contributed by atoms with Gasteiger partial charge in [0.1, 0.15) is 0 Å². The fourth-order valence-corrected chi connectivity index (χ4v) is 2.44. The summed E-state index contributed by atoms with van der Waals surface area (Å²) in [4.78, 5) is 35.5. The van der Waals surface area contributed by atoms with E-state index in [0.29, 0.717) is 10.7 Å². The number of aryl methyl sites for hydroxylation is 1. The molecule has 3 N–H and O–H groups in total. The van der Waals surface area contributed by atoms with Crippen molar-refractivity contribution in [3.8, 4) is 0 Å². The van der Waals surface area contributed by atoms with Crippen LogP contribution < -0.4 is 16.2 Å². The molecule has 6 nitrogen and oxygen atoms in total. The summed E-state index contributed by atoms with van der Waals surface area (Å²) < 4.78 is 0. The van der Waals surface area contributed by atoms with Gasteiger partial charge in [-0.15, -0.1) is 0 Å². The molecule has 0 aliphatic heterocycles. The summed E-state index contributed by atoms with van der Waals surface area (Å²) in [7, 11) is 0. The summed E-state index contributed by atoms with van der Waals surface area (Å²) in [6.07, 6.45) is 2.88. The van der Waals surface area contributed by atoms with E-state index in [4.69, 9.17) is 11.6 Å². The molecule has 2 aromatic carbocycles. The second-order valence-electron chi connectivity index (χ2n) is 6.24. The molecular weight excluding hydrogens is 378 g/mol. The van der Waals surface area contributed by atoms with Gasteiger partial charge in [0.2, 0.25) is 11.8 Å². The predicted octanol–water partition coefficient (Wildman–Crippen LogP) is 3.54. The maximum Gasteiger partial charge on any atom is 0.262 e. The molecule has 0 aliphatic carbocycles. The Kier molecular flexibility index (Phi) is 7.77. The minimum Gasteiger partial charge on any atom is -0.326 e. The second-order valence-corrected chi connectivity index (χ2v) is 6.65. The largest absolute Gasteiger partial charge is 0.326 e. The van der Waals surface area contributed by atoms with Crippen LogP contribution in [0.25, 0.3) is 6.08 Å². The molecule has 0 saturated heterocycles. The summed E-state index contributed by atoms with van der Waals surface area (Å²) in [5.74, 6) is -1.24. The standard InChI is InChI=1S/C21H22ClN3O3/c1-14-6-8-16(9-7-14)10-11-20(27)24-25-21(28)13-12-19(26)23-18-5-3-4-17(22)15(18)2/h3-11H,12-13H2,1-2H3,(H,23,26)(H,24,27)(H,25,28). The van der Waals surface area contributed by atoms with Gasteiger partial charge in [-0.3, -0.25) is 25.2 Å². The van der Waals surface area contributed by atoms with E-state index in [2.05, 4.69) is 16.2 Å². The maximum atomic E-state index is 12.0. The Bertz CT molecular complexity index is 892. The van der Waals surface area contributed by atoms with Crippen molar-refractivity contribution in [2.24, 2.45) is 0 Å². The first kappa shape index (κ1) is 21.2. The molecule has 0 bridgehead atoms. The third-order valence-electron chi connectivity index (χ3n) is 3.95. The molecule has 2 aromatic rings. The number of carbonyl (C=O) groups excluding carboxylic acids is 3. The van der Waals surface area contributed by atoms with Crippen molar-refractivity contribution in [3.05, 3.63) is 70.3 Å². The van der Waals surface area contributed by atoms with Gasteiger partial charge < -0.3 is 5.32 Å². The van der Waals surface area contributed by atoms with E-state index in [1.807, 2.05) is 31.2 Å². The zero-order chi connectivity index (χ0) is 20.5. The summed E-state index contributed by atoms with van der Waals surface area (Å²) in [6, 6.07) is 12.9. The Morgan fingerprint density at radius 3 is 2.32 bits per heavy atom. The van der Waals surface area contributed by atoms with E-state index >= 15 is 0 Å². The van der Waals surface area contributed by atoms with Crippen LogP contribution in [0.15, 0.2) is 48.5 Å². The minimum absolute atomic E-state index is 0.0210.